The van der Waals surface area contributed by atoms with Gasteiger partial charge in [0.15, 0.2) is 5.17 Å². The molecule has 0 unspecified atom stereocenters. The molecule has 1 aromatic heterocycles. The average Bonchev–Trinajstić information content (AvgIpc) is 3.11. The number of methoxy groups -OCH3 is 1. The average molecular weight is 302 g/mol. The van der Waals surface area contributed by atoms with Gasteiger partial charge in [0.2, 0.25) is 0 Å². The highest BCUT2D eigenvalue weighted by Crippen LogP contribution is 2.43. The van der Waals surface area contributed by atoms with E-state index in [0.29, 0.717) is 0 Å². The first kappa shape index (κ1) is 12.3. The van der Waals surface area contributed by atoms with Gasteiger partial charge in [-0.15, -0.1) is 11.3 Å². The van der Waals surface area contributed by atoms with Crippen LogP contribution in [0, 0.1) is 0 Å². The summed E-state index contributed by atoms with van der Waals surface area (Å²) in [6, 6.07) is 6.57. The van der Waals surface area contributed by atoms with Gasteiger partial charge in [0.1, 0.15) is 5.75 Å². The molecular weight excluding hydrogens is 288 g/mol. The second-order valence-electron chi connectivity index (χ2n) is 4.84. The van der Waals surface area contributed by atoms with Crippen LogP contribution in [0.3, 0.4) is 0 Å². The third kappa shape index (κ3) is 1.70. The fourth-order valence-electron chi connectivity index (χ4n) is 2.79. The molecule has 1 aromatic carbocycles. The van der Waals surface area contributed by atoms with Crippen LogP contribution in [0.2, 0.25) is 0 Å². The number of aliphatic imine (C=N–C) groups is 1. The van der Waals surface area contributed by atoms with Gasteiger partial charge in [-0.25, -0.2) is 0 Å². The molecule has 0 bridgehead atoms. The van der Waals surface area contributed by atoms with Gasteiger partial charge >= 0.3 is 0 Å². The van der Waals surface area contributed by atoms with E-state index in [1.54, 1.807) is 30.2 Å². The fraction of sp³-hybridized carbons (Fsp3) is 0.267. The number of amidine groups is 1. The molecule has 0 aliphatic carbocycles. The fourth-order valence-corrected chi connectivity index (χ4v) is 4.71. The minimum Gasteiger partial charge on any atom is -0.495 e. The van der Waals surface area contributed by atoms with Crippen LogP contribution in [0.15, 0.2) is 33.5 Å². The van der Waals surface area contributed by atoms with Gasteiger partial charge in [0.05, 0.1) is 24.1 Å². The molecule has 20 heavy (non-hydrogen) atoms. The molecule has 0 spiro atoms. The summed E-state index contributed by atoms with van der Waals surface area (Å²) in [6.07, 6.45) is 0. The number of fused-ring (bicyclic) bond motifs is 2. The SMILES string of the molecule is COc1cc(C2=C(C)SC3=NCCN32)cc2ccsc12. The van der Waals surface area contributed by atoms with Crippen molar-refractivity contribution in [3.8, 4) is 5.75 Å². The second kappa shape index (κ2) is 4.53. The normalized spacial score (nSPS) is 17.9. The molecule has 0 N–H and O–H groups in total. The third-order valence-corrected chi connectivity index (χ3v) is 5.64. The largest absolute Gasteiger partial charge is 0.495 e. The van der Waals surface area contributed by atoms with Crippen LogP contribution >= 0.6 is 23.1 Å². The number of allylic oxidation sites excluding steroid dienone is 1. The summed E-state index contributed by atoms with van der Waals surface area (Å²) >= 11 is 3.50. The summed E-state index contributed by atoms with van der Waals surface area (Å²) in [5.74, 6) is 0.961. The van der Waals surface area contributed by atoms with Crippen molar-refractivity contribution in [3.63, 3.8) is 0 Å². The number of benzene rings is 1. The van der Waals surface area contributed by atoms with E-state index in [-0.39, 0.29) is 0 Å². The van der Waals surface area contributed by atoms with Crippen LogP contribution in [0.1, 0.15) is 12.5 Å². The van der Waals surface area contributed by atoms with Crippen molar-refractivity contribution in [3.05, 3.63) is 34.0 Å². The van der Waals surface area contributed by atoms with E-state index in [9.17, 15) is 0 Å². The smallest absolute Gasteiger partial charge is 0.168 e. The molecule has 3 heterocycles. The van der Waals surface area contributed by atoms with Crippen molar-refractivity contribution in [1.29, 1.82) is 0 Å². The number of ether oxygens (including phenoxy) is 1. The lowest BCUT2D eigenvalue weighted by Crippen LogP contribution is -2.20. The number of thioether (sulfide) groups is 1. The van der Waals surface area contributed by atoms with E-state index in [4.69, 9.17) is 4.74 Å². The standard InChI is InChI=1S/C15H14N2OS2/c1-9-13(17-5-4-16-15(17)20-9)11-7-10-3-6-19-14(10)12(8-11)18-2/h3,6-8H,4-5H2,1-2H3. The van der Waals surface area contributed by atoms with E-state index < -0.39 is 0 Å². The molecule has 0 saturated heterocycles. The Kier molecular flexibility index (Phi) is 2.79. The van der Waals surface area contributed by atoms with E-state index in [1.807, 2.05) is 0 Å². The zero-order valence-corrected chi connectivity index (χ0v) is 13.0. The first-order valence-corrected chi connectivity index (χ1v) is 8.24. The first-order valence-electron chi connectivity index (χ1n) is 6.54. The molecule has 0 radical (unpaired) electrons. The zero-order valence-electron chi connectivity index (χ0n) is 11.3. The lowest BCUT2D eigenvalue weighted by atomic mass is 10.1. The summed E-state index contributed by atoms with van der Waals surface area (Å²) in [6.45, 7) is 4.06. The molecule has 4 rings (SSSR count). The molecule has 0 amide bonds. The lowest BCUT2D eigenvalue weighted by Gasteiger charge is -2.18. The van der Waals surface area contributed by atoms with Crippen molar-refractivity contribution in [2.75, 3.05) is 20.2 Å². The monoisotopic (exact) mass is 302 g/mol. The van der Waals surface area contributed by atoms with Crippen molar-refractivity contribution in [1.82, 2.24) is 4.90 Å². The minimum absolute atomic E-state index is 0.900. The van der Waals surface area contributed by atoms with Gasteiger partial charge in [0.25, 0.3) is 0 Å². The summed E-state index contributed by atoms with van der Waals surface area (Å²) in [4.78, 5) is 8.20. The molecule has 3 nitrogen and oxygen atoms in total. The Labute approximate surface area is 125 Å². The van der Waals surface area contributed by atoms with Gasteiger partial charge in [0, 0.05) is 17.0 Å². The lowest BCUT2D eigenvalue weighted by molar-refractivity contribution is 0.420. The Bertz CT molecular complexity index is 760. The maximum atomic E-state index is 5.56. The Morgan fingerprint density at radius 2 is 2.25 bits per heavy atom. The van der Waals surface area contributed by atoms with E-state index in [0.717, 1.165) is 24.0 Å². The number of rotatable bonds is 2. The Balaban J connectivity index is 1.90. The first-order chi connectivity index (χ1) is 9.78. The molecule has 102 valence electrons. The van der Waals surface area contributed by atoms with Crippen molar-refractivity contribution in [2.24, 2.45) is 4.99 Å². The Hall–Kier alpha value is -1.46. The van der Waals surface area contributed by atoms with E-state index in [2.05, 4.69) is 40.4 Å². The molecule has 0 fully saturated rings. The van der Waals surface area contributed by atoms with Gasteiger partial charge in [-0.2, -0.15) is 0 Å². The summed E-state index contributed by atoms with van der Waals surface area (Å²) in [5, 5.41) is 4.51. The van der Waals surface area contributed by atoms with Crippen LogP contribution in [-0.2, 0) is 0 Å². The van der Waals surface area contributed by atoms with Crippen LogP contribution in [0.25, 0.3) is 15.8 Å². The minimum atomic E-state index is 0.900. The highest BCUT2D eigenvalue weighted by Gasteiger charge is 2.31. The summed E-state index contributed by atoms with van der Waals surface area (Å²) < 4.78 is 6.78. The van der Waals surface area contributed by atoms with Crippen LogP contribution in [0.4, 0.5) is 0 Å². The van der Waals surface area contributed by atoms with Crippen LogP contribution in [-0.4, -0.2) is 30.3 Å². The maximum absolute atomic E-state index is 5.56. The number of hydrogen-bond donors (Lipinski definition) is 0. The Morgan fingerprint density at radius 1 is 1.35 bits per heavy atom. The van der Waals surface area contributed by atoms with E-state index >= 15 is 0 Å². The van der Waals surface area contributed by atoms with Gasteiger partial charge < -0.3 is 9.64 Å². The quantitative estimate of drug-likeness (QED) is 0.837. The van der Waals surface area contributed by atoms with Crippen molar-refractivity contribution < 1.29 is 4.74 Å². The molecule has 2 aromatic rings. The molecule has 2 aliphatic rings. The maximum Gasteiger partial charge on any atom is 0.168 e. The highest BCUT2D eigenvalue weighted by molar-refractivity contribution is 8.17. The van der Waals surface area contributed by atoms with Crippen molar-refractivity contribution >= 4 is 44.0 Å². The molecule has 0 atom stereocenters. The number of hydrogen-bond acceptors (Lipinski definition) is 5. The highest BCUT2D eigenvalue weighted by atomic mass is 32.2. The van der Waals surface area contributed by atoms with Gasteiger partial charge in [-0.05, 0) is 35.9 Å². The van der Waals surface area contributed by atoms with E-state index in [1.165, 1.54) is 26.3 Å². The zero-order chi connectivity index (χ0) is 13.7. The summed E-state index contributed by atoms with van der Waals surface area (Å²) in [5.41, 5.74) is 2.52. The molecular formula is C15H14N2OS2. The predicted octanol–water partition coefficient (Wildman–Crippen LogP) is 4.02. The Morgan fingerprint density at radius 3 is 3.10 bits per heavy atom. The van der Waals surface area contributed by atoms with Gasteiger partial charge in [-0.3, -0.25) is 4.99 Å². The summed E-state index contributed by atoms with van der Waals surface area (Å²) in [7, 11) is 1.74. The predicted molar refractivity (Wildman–Crippen MR) is 87.6 cm³/mol. The molecule has 0 saturated carbocycles. The number of nitrogens with zero attached hydrogens (tertiary/aromatic N) is 2. The third-order valence-electron chi connectivity index (χ3n) is 3.66. The molecule has 5 heteroatoms. The molecule has 2 aliphatic heterocycles. The second-order valence-corrected chi connectivity index (χ2v) is 6.94. The van der Waals surface area contributed by atoms with Gasteiger partial charge in [-0.1, -0.05) is 11.8 Å². The van der Waals surface area contributed by atoms with Crippen molar-refractivity contribution in [2.45, 2.75) is 6.92 Å². The van der Waals surface area contributed by atoms with Crippen LogP contribution in [0.5, 0.6) is 5.75 Å². The number of thiophene rings is 1. The van der Waals surface area contributed by atoms with Crippen LogP contribution < -0.4 is 4.74 Å². The topological polar surface area (TPSA) is 24.8 Å².